The molecule has 20 heavy (non-hydrogen) atoms. The first-order chi connectivity index (χ1) is 9.74. The monoisotopic (exact) mass is 339 g/mol. The highest BCUT2D eigenvalue weighted by Crippen LogP contribution is 2.26. The maximum Gasteiger partial charge on any atom is 0.253 e. The fourth-order valence-corrected chi connectivity index (χ4v) is 3.23. The normalized spacial score (nSPS) is 21.4. The van der Waals surface area contributed by atoms with E-state index in [1.807, 2.05) is 29.2 Å². The van der Waals surface area contributed by atoms with Crippen LogP contribution in [0, 0.1) is 5.92 Å². The van der Waals surface area contributed by atoms with E-state index >= 15 is 0 Å². The zero-order chi connectivity index (χ0) is 13.9. The molecule has 5 heteroatoms. The number of halogens is 1. The Bertz CT molecular complexity index is 480. The van der Waals surface area contributed by atoms with Crippen molar-refractivity contribution < 1.29 is 14.3 Å². The van der Waals surface area contributed by atoms with Crippen LogP contribution >= 0.6 is 15.9 Å². The molecule has 0 aliphatic carbocycles. The molecule has 2 saturated heterocycles. The summed E-state index contributed by atoms with van der Waals surface area (Å²) < 4.78 is 12.0. The number of ether oxygens (including phenoxy) is 2. The third-order valence-corrected chi connectivity index (χ3v) is 4.42. The van der Waals surface area contributed by atoms with Gasteiger partial charge in [-0.2, -0.15) is 0 Å². The zero-order valence-electron chi connectivity index (χ0n) is 11.3. The Morgan fingerprint density at radius 1 is 1.20 bits per heavy atom. The Kier molecular flexibility index (Phi) is 4.38. The van der Waals surface area contributed by atoms with E-state index in [1.54, 1.807) is 0 Å². The van der Waals surface area contributed by atoms with Crippen molar-refractivity contribution in [2.75, 3.05) is 26.3 Å². The van der Waals surface area contributed by atoms with Gasteiger partial charge in [-0.05, 0) is 31.0 Å². The number of hydrogen-bond donors (Lipinski definition) is 0. The molecular weight excluding hydrogens is 322 g/mol. The highest BCUT2D eigenvalue weighted by Gasteiger charge is 2.31. The lowest BCUT2D eigenvalue weighted by atomic mass is 9.95. The van der Waals surface area contributed by atoms with Gasteiger partial charge in [0.1, 0.15) is 0 Å². The van der Waals surface area contributed by atoms with Gasteiger partial charge in [-0.3, -0.25) is 4.79 Å². The summed E-state index contributed by atoms with van der Waals surface area (Å²) in [5.74, 6) is 0.530. The zero-order valence-corrected chi connectivity index (χ0v) is 12.8. The molecule has 2 aliphatic rings. The van der Waals surface area contributed by atoms with Gasteiger partial charge in [0, 0.05) is 29.0 Å². The van der Waals surface area contributed by atoms with E-state index < -0.39 is 0 Å². The van der Waals surface area contributed by atoms with E-state index in [9.17, 15) is 4.79 Å². The first kappa shape index (κ1) is 14.0. The van der Waals surface area contributed by atoms with Crippen molar-refractivity contribution in [1.29, 1.82) is 0 Å². The number of nitrogens with zero attached hydrogens (tertiary/aromatic N) is 1. The number of piperidine rings is 1. The van der Waals surface area contributed by atoms with Gasteiger partial charge in [0.15, 0.2) is 6.29 Å². The van der Waals surface area contributed by atoms with Crippen molar-refractivity contribution in [2.45, 2.75) is 19.1 Å². The molecule has 2 heterocycles. The van der Waals surface area contributed by atoms with Gasteiger partial charge in [0.2, 0.25) is 0 Å². The molecule has 1 amide bonds. The number of carbonyl (C=O) groups is 1. The number of hydrogen-bond acceptors (Lipinski definition) is 3. The number of carbonyl (C=O) groups excluding carboxylic acids is 1. The summed E-state index contributed by atoms with van der Waals surface area (Å²) in [7, 11) is 0. The second-order valence-electron chi connectivity index (χ2n) is 5.25. The van der Waals surface area contributed by atoms with Gasteiger partial charge in [0.25, 0.3) is 5.91 Å². The molecule has 2 fully saturated rings. The van der Waals surface area contributed by atoms with Gasteiger partial charge in [-0.25, -0.2) is 0 Å². The maximum atomic E-state index is 12.4. The summed E-state index contributed by atoms with van der Waals surface area (Å²) >= 11 is 3.40. The second-order valence-corrected chi connectivity index (χ2v) is 6.17. The molecule has 0 N–H and O–H groups in total. The number of benzene rings is 1. The van der Waals surface area contributed by atoms with Crippen LogP contribution in [-0.2, 0) is 9.47 Å². The predicted molar refractivity (Wildman–Crippen MR) is 78.5 cm³/mol. The number of rotatable bonds is 2. The topological polar surface area (TPSA) is 38.8 Å². The Hall–Kier alpha value is -0.910. The van der Waals surface area contributed by atoms with Gasteiger partial charge >= 0.3 is 0 Å². The minimum Gasteiger partial charge on any atom is -0.350 e. The second kappa shape index (κ2) is 6.24. The van der Waals surface area contributed by atoms with Crippen LogP contribution < -0.4 is 0 Å². The SMILES string of the molecule is O=C(c1cccc(Br)c1)N1CCC(C2OCCO2)CC1. The van der Waals surface area contributed by atoms with E-state index in [2.05, 4.69) is 15.9 Å². The van der Waals surface area contributed by atoms with Crippen LogP contribution in [0.5, 0.6) is 0 Å². The van der Waals surface area contributed by atoms with Crippen molar-refractivity contribution in [3.05, 3.63) is 34.3 Å². The minimum atomic E-state index is -0.0573. The highest BCUT2D eigenvalue weighted by atomic mass is 79.9. The molecule has 108 valence electrons. The summed E-state index contributed by atoms with van der Waals surface area (Å²) in [5, 5.41) is 0. The average molecular weight is 340 g/mol. The molecule has 0 unspecified atom stereocenters. The maximum absolute atomic E-state index is 12.4. The Morgan fingerprint density at radius 3 is 2.55 bits per heavy atom. The molecule has 0 aromatic heterocycles. The summed E-state index contributed by atoms with van der Waals surface area (Å²) in [6.45, 7) is 2.95. The quantitative estimate of drug-likeness (QED) is 0.831. The highest BCUT2D eigenvalue weighted by molar-refractivity contribution is 9.10. The van der Waals surface area contributed by atoms with Gasteiger partial charge in [-0.15, -0.1) is 0 Å². The molecular formula is C15H18BrNO3. The van der Waals surface area contributed by atoms with E-state index in [0.29, 0.717) is 19.1 Å². The molecule has 0 radical (unpaired) electrons. The third-order valence-electron chi connectivity index (χ3n) is 3.93. The van der Waals surface area contributed by atoms with Gasteiger partial charge in [0.05, 0.1) is 13.2 Å². The fourth-order valence-electron chi connectivity index (χ4n) is 2.83. The molecule has 0 bridgehead atoms. The molecule has 1 aromatic rings. The van der Waals surface area contributed by atoms with E-state index in [-0.39, 0.29) is 12.2 Å². The lowest BCUT2D eigenvalue weighted by Crippen LogP contribution is -2.41. The van der Waals surface area contributed by atoms with Crippen LogP contribution in [0.4, 0.5) is 0 Å². The Labute approximate surface area is 127 Å². The smallest absolute Gasteiger partial charge is 0.253 e. The van der Waals surface area contributed by atoms with Gasteiger partial charge < -0.3 is 14.4 Å². The molecule has 1 aromatic carbocycles. The van der Waals surface area contributed by atoms with E-state index in [4.69, 9.17) is 9.47 Å². The van der Waals surface area contributed by atoms with Crippen LogP contribution in [0.15, 0.2) is 28.7 Å². The minimum absolute atomic E-state index is 0.0573. The summed E-state index contributed by atoms with van der Waals surface area (Å²) in [6, 6.07) is 7.56. The first-order valence-electron chi connectivity index (χ1n) is 7.02. The lowest BCUT2D eigenvalue weighted by Gasteiger charge is -2.33. The van der Waals surface area contributed by atoms with Crippen molar-refractivity contribution in [2.24, 2.45) is 5.92 Å². The van der Waals surface area contributed by atoms with E-state index in [0.717, 1.165) is 36.0 Å². The molecule has 2 aliphatic heterocycles. The largest absolute Gasteiger partial charge is 0.350 e. The van der Waals surface area contributed by atoms with Crippen molar-refractivity contribution >= 4 is 21.8 Å². The van der Waals surface area contributed by atoms with Crippen LogP contribution in [0.25, 0.3) is 0 Å². The summed E-state index contributed by atoms with van der Waals surface area (Å²) in [5.41, 5.74) is 0.742. The molecule has 0 atom stereocenters. The predicted octanol–water partition coefficient (Wildman–Crippen LogP) is 2.67. The standard InChI is InChI=1S/C15H18BrNO3/c16-13-3-1-2-12(10-13)14(18)17-6-4-11(5-7-17)15-19-8-9-20-15/h1-3,10-11,15H,4-9H2. The van der Waals surface area contributed by atoms with Crippen molar-refractivity contribution in [3.8, 4) is 0 Å². The van der Waals surface area contributed by atoms with Crippen molar-refractivity contribution in [1.82, 2.24) is 4.90 Å². The summed E-state index contributed by atoms with van der Waals surface area (Å²) in [4.78, 5) is 14.3. The van der Waals surface area contributed by atoms with Crippen molar-refractivity contribution in [3.63, 3.8) is 0 Å². The lowest BCUT2D eigenvalue weighted by molar-refractivity contribution is -0.0956. The van der Waals surface area contributed by atoms with Gasteiger partial charge in [-0.1, -0.05) is 22.0 Å². The molecule has 4 nitrogen and oxygen atoms in total. The molecule has 3 rings (SSSR count). The number of likely N-dealkylation sites (tertiary alicyclic amines) is 1. The van der Waals surface area contributed by atoms with Crippen LogP contribution in [0.1, 0.15) is 23.2 Å². The summed E-state index contributed by atoms with van der Waals surface area (Å²) in [6.07, 6.45) is 1.84. The van der Waals surface area contributed by atoms with Crippen LogP contribution in [-0.4, -0.2) is 43.4 Å². The van der Waals surface area contributed by atoms with Crippen LogP contribution in [0.3, 0.4) is 0 Å². The first-order valence-corrected chi connectivity index (χ1v) is 7.81. The Balaban J connectivity index is 1.58. The van der Waals surface area contributed by atoms with E-state index in [1.165, 1.54) is 0 Å². The molecule has 0 spiro atoms. The molecule has 0 saturated carbocycles. The fraction of sp³-hybridized carbons (Fsp3) is 0.533. The average Bonchev–Trinajstić information content (AvgIpc) is 3.01. The third kappa shape index (κ3) is 3.05. The Morgan fingerprint density at radius 2 is 1.90 bits per heavy atom. The van der Waals surface area contributed by atoms with Crippen LogP contribution in [0.2, 0.25) is 0 Å². The number of amides is 1.